The van der Waals surface area contributed by atoms with Gasteiger partial charge in [0.05, 0.1) is 5.41 Å². The number of aryl methyl sites for hydroxylation is 1. The van der Waals surface area contributed by atoms with Gasteiger partial charge >= 0.3 is 0 Å². The third kappa shape index (κ3) is 3.58. The Morgan fingerprint density at radius 3 is 2.59 bits per heavy atom. The molecule has 1 aliphatic heterocycles. The molecule has 0 unspecified atom stereocenters. The zero-order chi connectivity index (χ0) is 19.0. The first-order chi connectivity index (χ1) is 13.0. The van der Waals surface area contributed by atoms with Crippen molar-refractivity contribution >= 4 is 29.2 Å². The van der Waals surface area contributed by atoms with Gasteiger partial charge in [0.25, 0.3) is 0 Å². The second-order valence-corrected chi connectivity index (χ2v) is 7.91. The van der Waals surface area contributed by atoms with Crippen LogP contribution in [0.3, 0.4) is 0 Å². The number of nitrogens with zero attached hydrogens (tertiary/aromatic N) is 2. The molecule has 6 nitrogen and oxygen atoms in total. The molecule has 0 bridgehead atoms. The maximum atomic E-state index is 13.1. The summed E-state index contributed by atoms with van der Waals surface area (Å²) in [7, 11) is 0. The summed E-state index contributed by atoms with van der Waals surface area (Å²) in [4.78, 5) is 27.4. The number of rotatable bonds is 4. The van der Waals surface area contributed by atoms with Crippen molar-refractivity contribution in [2.24, 2.45) is 5.92 Å². The quantitative estimate of drug-likeness (QED) is 0.870. The van der Waals surface area contributed by atoms with Gasteiger partial charge in [-0.3, -0.25) is 9.59 Å². The largest absolute Gasteiger partial charge is 0.360 e. The average Bonchev–Trinajstić information content (AvgIpc) is 3.38. The van der Waals surface area contributed by atoms with Gasteiger partial charge in [-0.25, -0.2) is 0 Å². The summed E-state index contributed by atoms with van der Waals surface area (Å²) in [6, 6.07) is 9.29. The van der Waals surface area contributed by atoms with Crippen molar-refractivity contribution in [1.82, 2.24) is 10.1 Å². The first kappa shape index (κ1) is 18.0. The SMILES string of the molecule is Cc1cc(NC(=O)C2CCN(C(=O)C3(c4cccc(Cl)c4)CC3)CC2)no1. The number of carbonyl (C=O) groups is 2. The fraction of sp³-hybridized carbons (Fsp3) is 0.450. The van der Waals surface area contributed by atoms with Crippen molar-refractivity contribution in [2.75, 3.05) is 18.4 Å². The highest BCUT2D eigenvalue weighted by atomic mass is 35.5. The molecule has 4 rings (SSSR count). The van der Waals surface area contributed by atoms with Gasteiger partial charge in [-0.15, -0.1) is 0 Å². The van der Waals surface area contributed by atoms with Gasteiger partial charge in [-0.05, 0) is 50.3 Å². The Morgan fingerprint density at radius 1 is 1.26 bits per heavy atom. The minimum atomic E-state index is -0.418. The molecule has 2 amide bonds. The number of hydrogen-bond donors (Lipinski definition) is 1. The molecule has 2 aliphatic rings. The van der Waals surface area contributed by atoms with Crippen LogP contribution in [0.15, 0.2) is 34.9 Å². The fourth-order valence-corrected chi connectivity index (χ4v) is 4.03. The van der Waals surface area contributed by atoms with Crippen LogP contribution in [0.4, 0.5) is 5.82 Å². The van der Waals surface area contributed by atoms with Crippen LogP contribution in [0.25, 0.3) is 0 Å². The standard InChI is InChI=1S/C20H22ClN3O3/c1-13-11-17(23-27-13)22-18(25)14-5-9-24(10-6-14)19(26)20(7-8-20)15-3-2-4-16(21)12-15/h2-4,11-12,14H,5-10H2,1H3,(H,22,23,25). The highest BCUT2D eigenvalue weighted by molar-refractivity contribution is 6.30. The van der Waals surface area contributed by atoms with E-state index in [2.05, 4.69) is 10.5 Å². The van der Waals surface area contributed by atoms with E-state index in [9.17, 15) is 9.59 Å². The van der Waals surface area contributed by atoms with Gasteiger partial charge in [-0.2, -0.15) is 0 Å². The Kier molecular flexibility index (Phi) is 4.68. The monoisotopic (exact) mass is 387 g/mol. The third-order valence-corrected chi connectivity index (χ3v) is 5.80. The predicted octanol–water partition coefficient (Wildman–Crippen LogP) is 3.55. The zero-order valence-corrected chi connectivity index (χ0v) is 16.0. The fourth-order valence-electron chi connectivity index (χ4n) is 3.84. The Bertz CT molecular complexity index is 867. The number of amides is 2. The van der Waals surface area contributed by atoms with Crippen LogP contribution in [0.5, 0.6) is 0 Å². The number of piperidine rings is 1. The molecule has 1 aromatic heterocycles. The van der Waals surface area contributed by atoms with E-state index in [0.717, 1.165) is 18.4 Å². The normalized spacial score (nSPS) is 19.0. The molecule has 1 N–H and O–H groups in total. The minimum absolute atomic E-state index is 0.0635. The van der Waals surface area contributed by atoms with E-state index in [4.69, 9.17) is 16.1 Å². The molecule has 2 heterocycles. The second kappa shape index (κ2) is 7.00. The Balaban J connectivity index is 1.36. The summed E-state index contributed by atoms with van der Waals surface area (Å²) in [6.07, 6.45) is 3.02. The minimum Gasteiger partial charge on any atom is -0.360 e. The Labute approximate surface area is 162 Å². The highest BCUT2D eigenvalue weighted by Crippen LogP contribution is 2.50. The van der Waals surface area contributed by atoms with E-state index in [1.54, 1.807) is 13.0 Å². The summed E-state index contributed by atoms with van der Waals surface area (Å²) in [5, 5.41) is 7.24. The molecule has 7 heteroatoms. The summed E-state index contributed by atoms with van der Waals surface area (Å²) >= 11 is 6.11. The maximum absolute atomic E-state index is 13.1. The van der Waals surface area contributed by atoms with Crippen molar-refractivity contribution in [1.29, 1.82) is 0 Å². The molecule has 1 saturated heterocycles. The molecule has 0 spiro atoms. The molecular formula is C20H22ClN3O3. The van der Waals surface area contributed by atoms with Crippen LogP contribution in [0, 0.1) is 12.8 Å². The number of carbonyl (C=O) groups excluding carboxylic acids is 2. The van der Waals surface area contributed by atoms with Crippen molar-refractivity contribution < 1.29 is 14.1 Å². The van der Waals surface area contributed by atoms with Gasteiger partial charge in [-0.1, -0.05) is 28.9 Å². The molecule has 1 aromatic carbocycles. The van der Waals surface area contributed by atoms with Crippen LogP contribution in [0.1, 0.15) is 37.0 Å². The first-order valence-corrected chi connectivity index (χ1v) is 9.65. The third-order valence-electron chi connectivity index (χ3n) is 5.57. The summed E-state index contributed by atoms with van der Waals surface area (Å²) in [6.45, 7) is 2.97. The summed E-state index contributed by atoms with van der Waals surface area (Å²) in [5.74, 6) is 1.07. The number of benzene rings is 1. The van der Waals surface area contributed by atoms with Crippen LogP contribution in [-0.2, 0) is 15.0 Å². The first-order valence-electron chi connectivity index (χ1n) is 9.27. The lowest BCUT2D eigenvalue weighted by atomic mass is 9.91. The van der Waals surface area contributed by atoms with Gasteiger partial charge in [0, 0.05) is 30.1 Å². The van der Waals surface area contributed by atoms with Gasteiger partial charge < -0.3 is 14.7 Å². The molecule has 2 aromatic rings. The van der Waals surface area contributed by atoms with E-state index >= 15 is 0 Å². The lowest BCUT2D eigenvalue weighted by Gasteiger charge is -2.34. The Morgan fingerprint density at radius 2 is 2.00 bits per heavy atom. The van der Waals surface area contributed by atoms with E-state index in [-0.39, 0.29) is 17.7 Å². The Hall–Kier alpha value is -2.34. The smallest absolute Gasteiger partial charge is 0.233 e. The second-order valence-electron chi connectivity index (χ2n) is 7.47. The van der Waals surface area contributed by atoms with Crippen LogP contribution in [0.2, 0.25) is 5.02 Å². The van der Waals surface area contributed by atoms with Gasteiger partial charge in [0.2, 0.25) is 11.8 Å². The van der Waals surface area contributed by atoms with Crippen LogP contribution >= 0.6 is 11.6 Å². The molecule has 2 fully saturated rings. The molecule has 27 heavy (non-hydrogen) atoms. The topological polar surface area (TPSA) is 75.4 Å². The van der Waals surface area contributed by atoms with E-state index in [1.165, 1.54) is 0 Å². The zero-order valence-electron chi connectivity index (χ0n) is 15.2. The van der Waals surface area contributed by atoms with Crippen molar-refractivity contribution in [3.8, 4) is 0 Å². The van der Waals surface area contributed by atoms with Crippen molar-refractivity contribution in [2.45, 2.75) is 38.0 Å². The van der Waals surface area contributed by atoms with E-state index < -0.39 is 5.41 Å². The molecule has 142 valence electrons. The van der Waals surface area contributed by atoms with Crippen LogP contribution < -0.4 is 5.32 Å². The maximum Gasteiger partial charge on any atom is 0.233 e. The number of halogens is 1. The molecule has 1 aliphatic carbocycles. The summed E-state index contributed by atoms with van der Waals surface area (Å²) < 4.78 is 4.97. The molecular weight excluding hydrogens is 366 g/mol. The number of aromatic nitrogens is 1. The summed E-state index contributed by atoms with van der Waals surface area (Å²) in [5.41, 5.74) is 0.583. The average molecular weight is 388 g/mol. The van der Waals surface area contributed by atoms with Crippen molar-refractivity contribution in [3.63, 3.8) is 0 Å². The van der Waals surface area contributed by atoms with Crippen LogP contribution in [-0.4, -0.2) is 35.0 Å². The number of likely N-dealkylation sites (tertiary alicyclic amines) is 1. The molecule has 1 saturated carbocycles. The number of hydrogen-bond acceptors (Lipinski definition) is 4. The van der Waals surface area contributed by atoms with Crippen molar-refractivity contribution in [3.05, 3.63) is 46.7 Å². The highest BCUT2D eigenvalue weighted by Gasteiger charge is 2.53. The van der Waals surface area contributed by atoms with E-state index in [0.29, 0.717) is 42.5 Å². The lowest BCUT2D eigenvalue weighted by Crippen LogP contribution is -2.45. The predicted molar refractivity (Wildman–Crippen MR) is 102 cm³/mol. The van der Waals surface area contributed by atoms with Gasteiger partial charge in [0.1, 0.15) is 5.76 Å². The van der Waals surface area contributed by atoms with E-state index in [1.807, 2.05) is 29.2 Å². The lowest BCUT2D eigenvalue weighted by molar-refractivity contribution is -0.137. The molecule has 0 radical (unpaired) electrons. The molecule has 0 atom stereocenters. The number of nitrogens with one attached hydrogen (secondary N) is 1. The number of anilines is 1. The van der Waals surface area contributed by atoms with Gasteiger partial charge in [0.15, 0.2) is 5.82 Å².